The molecule has 0 spiro atoms. The van der Waals surface area contributed by atoms with Crippen LogP contribution in [-0.4, -0.2) is 30.2 Å². The molecule has 0 radical (unpaired) electrons. The first-order valence-corrected chi connectivity index (χ1v) is 6.20. The molecule has 18 heavy (non-hydrogen) atoms. The summed E-state index contributed by atoms with van der Waals surface area (Å²) >= 11 is 5.92. The van der Waals surface area contributed by atoms with E-state index in [0.717, 1.165) is 0 Å². The van der Waals surface area contributed by atoms with Gasteiger partial charge in [-0.25, -0.2) is 0 Å². The Labute approximate surface area is 110 Å². The van der Waals surface area contributed by atoms with E-state index in [0.29, 0.717) is 18.8 Å². The third kappa shape index (κ3) is 2.57. The molecule has 0 bridgehead atoms. The van der Waals surface area contributed by atoms with E-state index in [-0.39, 0.29) is 22.9 Å². The van der Waals surface area contributed by atoms with Crippen LogP contribution in [0.1, 0.15) is 13.8 Å². The molecular formula is C12H15ClN2O3. The van der Waals surface area contributed by atoms with Gasteiger partial charge in [-0.15, -0.1) is 0 Å². The van der Waals surface area contributed by atoms with Gasteiger partial charge in [-0.05, 0) is 26.0 Å². The average molecular weight is 271 g/mol. The van der Waals surface area contributed by atoms with Gasteiger partial charge in [0.2, 0.25) is 0 Å². The van der Waals surface area contributed by atoms with Crippen molar-refractivity contribution in [2.75, 3.05) is 18.0 Å². The first-order valence-electron chi connectivity index (χ1n) is 5.82. The van der Waals surface area contributed by atoms with Crippen LogP contribution in [0.2, 0.25) is 5.02 Å². The molecule has 1 fully saturated rings. The van der Waals surface area contributed by atoms with E-state index in [4.69, 9.17) is 16.3 Å². The number of nitro benzene ring substituents is 1. The molecule has 2 rings (SSSR count). The summed E-state index contributed by atoms with van der Waals surface area (Å²) in [5, 5.41) is 11.3. The second-order valence-electron chi connectivity index (χ2n) is 4.53. The molecule has 5 nitrogen and oxygen atoms in total. The van der Waals surface area contributed by atoms with Crippen LogP contribution in [0.3, 0.4) is 0 Å². The van der Waals surface area contributed by atoms with E-state index in [1.807, 2.05) is 18.7 Å². The van der Waals surface area contributed by atoms with Crippen molar-refractivity contribution in [1.82, 2.24) is 0 Å². The van der Waals surface area contributed by atoms with Crippen molar-refractivity contribution in [2.24, 2.45) is 0 Å². The zero-order valence-corrected chi connectivity index (χ0v) is 11.1. The van der Waals surface area contributed by atoms with Gasteiger partial charge < -0.3 is 9.64 Å². The standard InChI is InChI=1S/C12H15ClN2O3/c1-8-6-14(7-9(2)18-8)11-5-3-4-10(13)12(11)15(16)17/h3-5,8-9H,6-7H2,1-2H3/t8-,9+. The molecular weight excluding hydrogens is 256 g/mol. The van der Waals surface area contributed by atoms with Crippen molar-refractivity contribution in [3.8, 4) is 0 Å². The smallest absolute Gasteiger partial charge is 0.310 e. The number of benzene rings is 1. The molecule has 0 amide bonds. The van der Waals surface area contributed by atoms with Crippen molar-refractivity contribution < 1.29 is 9.66 Å². The summed E-state index contributed by atoms with van der Waals surface area (Å²) in [7, 11) is 0. The molecule has 6 heteroatoms. The minimum Gasteiger partial charge on any atom is -0.372 e. The number of para-hydroxylation sites is 1. The highest BCUT2D eigenvalue weighted by atomic mass is 35.5. The van der Waals surface area contributed by atoms with Crippen molar-refractivity contribution >= 4 is 23.0 Å². The Hall–Kier alpha value is -1.33. The fourth-order valence-electron chi connectivity index (χ4n) is 2.31. The lowest BCUT2D eigenvalue weighted by molar-refractivity contribution is -0.384. The molecule has 0 saturated carbocycles. The fourth-order valence-corrected chi connectivity index (χ4v) is 2.55. The summed E-state index contributed by atoms with van der Waals surface area (Å²) in [6.45, 7) is 5.18. The van der Waals surface area contributed by atoms with Gasteiger partial charge in [0.05, 0.1) is 17.1 Å². The zero-order chi connectivity index (χ0) is 13.3. The van der Waals surface area contributed by atoms with Crippen molar-refractivity contribution in [3.05, 3.63) is 33.3 Å². The topological polar surface area (TPSA) is 55.6 Å². The Bertz CT molecular complexity index is 457. The van der Waals surface area contributed by atoms with Crippen LogP contribution in [0.4, 0.5) is 11.4 Å². The number of ether oxygens (including phenoxy) is 1. The molecule has 98 valence electrons. The van der Waals surface area contributed by atoms with E-state index in [2.05, 4.69) is 0 Å². The third-order valence-corrected chi connectivity index (χ3v) is 3.21. The number of nitrogens with zero attached hydrogens (tertiary/aromatic N) is 2. The second kappa shape index (κ2) is 5.12. The Morgan fingerprint density at radius 3 is 2.56 bits per heavy atom. The number of nitro groups is 1. The predicted octanol–water partition coefficient (Wildman–Crippen LogP) is 2.86. The first kappa shape index (κ1) is 13.1. The van der Waals surface area contributed by atoms with Gasteiger partial charge >= 0.3 is 5.69 Å². The van der Waals surface area contributed by atoms with Crippen LogP contribution in [-0.2, 0) is 4.74 Å². The molecule has 0 aliphatic carbocycles. The van der Waals surface area contributed by atoms with Gasteiger partial charge in [0.1, 0.15) is 10.7 Å². The number of hydrogen-bond acceptors (Lipinski definition) is 4. The zero-order valence-electron chi connectivity index (χ0n) is 10.3. The highest BCUT2D eigenvalue weighted by molar-refractivity contribution is 6.33. The van der Waals surface area contributed by atoms with Crippen molar-refractivity contribution in [1.29, 1.82) is 0 Å². The van der Waals surface area contributed by atoms with Crippen molar-refractivity contribution in [3.63, 3.8) is 0 Å². The lowest BCUT2D eigenvalue weighted by atomic mass is 10.1. The molecule has 1 aromatic rings. The van der Waals surface area contributed by atoms with Gasteiger partial charge in [-0.2, -0.15) is 0 Å². The molecule has 1 aliphatic heterocycles. The predicted molar refractivity (Wildman–Crippen MR) is 70.3 cm³/mol. The molecule has 1 aromatic carbocycles. The average Bonchev–Trinajstić information content (AvgIpc) is 2.26. The summed E-state index contributed by atoms with van der Waals surface area (Å²) in [6, 6.07) is 5.00. The van der Waals surface area contributed by atoms with Gasteiger partial charge in [0.25, 0.3) is 0 Å². The van der Waals surface area contributed by atoms with Crippen LogP contribution in [0.5, 0.6) is 0 Å². The quantitative estimate of drug-likeness (QED) is 0.612. The van der Waals surface area contributed by atoms with Crippen LogP contribution in [0.15, 0.2) is 18.2 Å². The lowest BCUT2D eigenvalue weighted by Crippen LogP contribution is -2.45. The summed E-state index contributed by atoms with van der Waals surface area (Å²) in [5.41, 5.74) is 0.537. The fraction of sp³-hybridized carbons (Fsp3) is 0.500. The van der Waals surface area contributed by atoms with E-state index in [1.165, 1.54) is 6.07 Å². The summed E-state index contributed by atoms with van der Waals surface area (Å²) < 4.78 is 5.62. The maximum absolute atomic E-state index is 11.1. The lowest BCUT2D eigenvalue weighted by Gasteiger charge is -2.36. The molecule has 0 unspecified atom stereocenters. The molecule has 1 heterocycles. The number of halogens is 1. The van der Waals surface area contributed by atoms with Gasteiger partial charge in [-0.3, -0.25) is 10.1 Å². The van der Waals surface area contributed by atoms with E-state index in [1.54, 1.807) is 12.1 Å². The maximum atomic E-state index is 11.1. The SMILES string of the molecule is C[C@@H]1CN(c2cccc(Cl)c2[N+](=O)[O-])C[C@H](C)O1. The molecule has 0 N–H and O–H groups in total. The Morgan fingerprint density at radius 1 is 1.39 bits per heavy atom. The van der Waals surface area contributed by atoms with Gasteiger partial charge in [0, 0.05) is 13.1 Å². The van der Waals surface area contributed by atoms with Gasteiger partial charge in [-0.1, -0.05) is 17.7 Å². The Morgan fingerprint density at radius 2 is 2.00 bits per heavy atom. The monoisotopic (exact) mass is 270 g/mol. The highest BCUT2D eigenvalue weighted by Crippen LogP contribution is 2.36. The normalized spacial score (nSPS) is 24.1. The number of rotatable bonds is 2. The molecule has 1 saturated heterocycles. The van der Waals surface area contributed by atoms with Crippen LogP contribution < -0.4 is 4.90 Å². The molecule has 0 aromatic heterocycles. The van der Waals surface area contributed by atoms with Crippen LogP contribution in [0, 0.1) is 10.1 Å². The van der Waals surface area contributed by atoms with E-state index >= 15 is 0 Å². The number of hydrogen-bond donors (Lipinski definition) is 0. The first-order chi connectivity index (χ1) is 8.49. The van der Waals surface area contributed by atoms with E-state index in [9.17, 15) is 10.1 Å². The second-order valence-corrected chi connectivity index (χ2v) is 4.93. The number of anilines is 1. The van der Waals surface area contributed by atoms with Gasteiger partial charge in [0.15, 0.2) is 0 Å². The third-order valence-electron chi connectivity index (χ3n) is 2.91. The molecule has 1 aliphatic rings. The molecule has 2 atom stereocenters. The largest absolute Gasteiger partial charge is 0.372 e. The highest BCUT2D eigenvalue weighted by Gasteiger charge is 2.28. The Balaban J connectivity index is 2.38. The van der Waals surface area contributed by atoms with Crippen LogP contribution in [0.25, 0.3) is 0 Å². The minimum absolute atomic E-state index is 0.0273. The maximum Gasteiger partial charge on any atom is 0.310 e. The summed E-state index contributed by atoms with van der Waals surface area (Å²) in [6.07, 6.45) is 0.0969. The summed E-state index contributed by atoms with van der Waals surface area (Å²) in [5.74, 6) is 0. The minimum atomic E-state index is -0.428. The Kier molecular flexibility index (Phi) is 3.73. The summed E-state index contributed by atoms with van der Waals surface area (Å²) in [4.78, 5) is 12.6. The number of morpholine rings is 1. The van der Waals surface area contributed by atoms with Crippen molar-refractivity contribution in [2.45, 2.75) is 26.1 Å². The van der Waals surface area contributed by atoms with Crippen LogP contribution >= 0.6 is 11.6 Å². The van der Waals surface area contributed by atoms with E-state index < -0.39 is 4.92 Å².